The summed E-state index contributed by atoms with van der Waals surface area (Å²) in [6.07, 6.45) is 1.99. The summed E-state index contributed by atoms with van der Waals surface area (Å²) in [5.41, 5.74) is 11.4. The molecule has 0 spiro atoms. The van der Waals surface area contributed by atoms with Gasteiger partial charge in [0.25, 0.3) is 0 Å². The lowest BCUT2D eigenvalue weighted by Gasteiger charge is -2.29. The molecule has 0 saturated heterocycles. The lowest BCUT2D eigenvalue weighted by Crippen LogP contribution is -2.37. The summed E-state index contributed by atoms with van der Waals surface area (Å²) < 4.78 is 0. The number of rotatable bonds is 3. The zero-order valence-corrected chi connectivity index (χ0v) is 17.5. The first-order valence-corrected chi connectivity index (χ1v) is 8.57. The molecule has 5 nitrogen and oxygen atoms in total. The number of nitrogens with two attached hydrogens (primary N) is 1. The second kappa shape index (κ2) is 9.02. The minimum absolute atomic E-state index is 0. The van der Waals surface area contributed by atoms with Gasteiger partial charge < -0.3 is 16.0 Å². The fourth-order valence-corrected chi connectivity index (χ4v) is 3.04. The van der Waals surface area contributed by atoms with Gasteiger partial charge in [-0.2, -0.15) is 0 Å². The Balaban J connectivity index is 0.00000243. The molecule has 26 heavy (non-hydrogen) atoms. The number of hydrogen-bond acceptors (Lipinski definition) is 2. The average Bonchev–Trinajstić information content (AvgIpc) is 2.62. The van der Waals surface area contributed by atoms with E-state index in [2.05, 4.69) is 23.3 Å². The van der Waals surface area contributed by atoms with Crippen molar-refractivity contribution in [3.05, 3.63) is 59.2 Å². The van der Waals surface area contributed by atoms with E-state index in [1.54, 1.807) is 0 Å². The fraction of sp³-hybridized carbons (Fsp3) is 0.300. The Kier molecular flexibility index (Phi) is 7.02. The first-order chi connectivity index (χ1) is 12.0. The molecule has 0 atom stereocenters. The van der Waals surface area contributed by atoms with Crippen LogP contribution in [-0.2, 0) is 11.2 Å². The van der Waals surface area contributed by atoms with Crippen LogP contribution in [0.4, 0.5) is 11.4 Å². The molecule has 3 rings (SSSR count). The molecule has 138 valence electrons. The number of halogens is 1. The van der Waals surface area contributed by atoms with Crippen LogP contribution in [0.2, 0.25) is 0 Å². The molecule has 1 aliphatic heterocycles. The first-order valence-electron chi connectivity index (χ1n) is 8.57. The molecule has 0 saturated carbocycles. The highest BCUT2D eigenvalue weighted by molar-refractivity contribution is 14.0. The zero-order chi connectivity index (χ0) is 17.8. The molecule has 1 aliphatic rings. The predicted octanol–water partition coefficient (Wildman–Crippen LogP) is 3.63. The van der Waals surface area contributed by atoms with Crippen LogP contribution >= 0.6 is 24.0 Å². The normalized spacial score (nSPS) is 13.6. The smallest absolute Gasteiger partial charge is 0.248 e. The molecule has 0 aliphatic carbocycles. The molecule has 0 bridgehead atoms. The third-order valence-corrected chi connectivity index (χ3v) is 4.58. The van der Waals surface area contributed by atoms with E-state index in [1.807, 2.05) is 48.2 Å². The number of amides is 1. The van der Waals surface area contributed by atoms with Crippen molar-refractivity contribution in [2.45, 2.75) is 26.7 Å². The van der Waals surface area contributed by atoms with E-state index in [9.17, 15) is 4.79 Å². The van der Waals surface area contributed by atoms with Gasteiger partial charge in [-0.3, -0.25) is 4.79 Å². The Morgan fingerprint density at radius 1 is 1.19 bits per heavy atom. The lowest BCUT2D eigenvalue weighted by molar-refractivity contribution is -0.117. The summed E-state index contributed by atoms with van der Waals surface area (Å²) in [6, 6.07) is 14.0. The molecular formula is C20H25IN4O. The van der Waals surface area contributed by atoms with Crippen molar-refractivity contribution in [3.63, 3.8) is 0 Å². The van der Waals surface area contributed by atoms with E-state index in [-0.39, 0.29) is 42.4 Å². The van der Waals surface area contributed by atoms with Crippen molar-refractivity contribution < 1.29 is 4.79 Å². The molecule has 1 amide bonds. The molecule has 0 aromatic heterocycles. The number of aliphatic imine (C=N–C) groups is 1. The van der Waals surface area contributed by atoms with Crippen LogP contribution in [0.25, 0.3) is 0 Å². The summed E-state index contributed by atoms with van der Waals surface area (Å²) in [5.74, 6) is 0.221. The third kappa shape index (κ3) is 4.75. The van der Waals surface area contributed by atoms with Crippen LogP contribution in [0.3, 0.4) is 0 Å². The predicted molar refractivity (Wildman–Crippen MR) is 119 cm³/mol. The molecule has 6 heteroatoms. The van der Waals surface area contributed by atoms with E-state index in [4.69, 9.17) is 5.73 Å². The van der Waals surface area contributed by atoms with Gasteiger partial charge in [-0.25, -0.2) is 4.99 Å². The number of fused-ring (bicyclic) bond motifs is 1. The quantitative estimate of drug-likeness (QED) is 0.414. The third-order valence-electron chi connectivity index (χ3n) is 4.58. The highest BCUT2D eigenvalue weighted by atomic mass is 127. The van der Waals surface area contributed by atoms with Crippen LogP contribution in [0.5, 0.6) is 0 Å². The van der Waals surface area contributed by atoms with Crippen molar-refractivity contribution in [1.29, 1.82) is 0 Å². The zero-order valence-electron chi connectivity index (χ0n) is 15.2. The van der Waals surface area contributed by atoms with Crippen LogP contribution < -0.4 is 16.0 Å². The van der Waals surface area contributed by atoms with Gasteiger partial charge in [0, 0.05) is 17.9 Å². The summed E-state index contributed by atoms with van der Waals surface area (Å²) in [5, 5.41) is 3.04. The number of carbonyl (C=O) groups is 1. The molecule has 0 fully saturated rings. The van der Waals surface area contributed by atoms with Crippen molar-refractivity contribution in [2.24, 2.45) is 10.7 Å². The fourth-order valence-electron chi connectivity index (χ4n) is 3.04. The number of anilines is 2. The van der Waals surface area contributed by atoms with Crippen molar-refractivity contribution in [3.8, 4) is 0 Å². The van der Waals surface area contributed by atoms with Crippen LogP contribution in [0, 0.1) is 13.8 Å². The molecule has 0 radical (unpaired) electrons. The summed E-state index contributed by atoms with van der Waals surface area (Å²) >= 11 is 0. The van der Waals surface area contributed by atoms with Crippen molar-refractivity contribution in [2.75, 3.05) is 23.3 Å². The number of para-hydroxylation sites is 1. The van der Waals surface area contributed by atoms with E-state index in [0.717, 1.165) is 30.8 Å². The largest absolute Gasteiger partial charge is 0.370 e. The average molecular weight is 464 g/mol. The minimum atomic E-state index is -0.0306. The summed E-state index contributed by atoms with van der Waals surface area (Å²) in [7, 11) is 0. The lowest BCUT2D eigenvalue weighted by atomic mass is 10.0. The monoisotopic (exact) mass is 464 g/mol. The number of aryl methyl sites for hydroxylation is 3. The van der Waals surface area contributed by atoms with Crippen LogP contribution in [0.1, 0.15) is 23.1 Å². The number of nitrogens with zero attached hydrogens (tertiary/aromatic N) is 2. The highest BCUT2D eigenvalue weighted by Gasteiger charge is 2.21. The van der Waals surface area contributed by atoms with Crippen LogP contribution in [0.15, 0.2) is 47.5 Å². The Hall–Kier alpha value is -2.09. The maximum atomic E-state index is 12.6. The maximum Gasteiger partial charge on any atom is 0.248 e. The molecule has 2 aromatic rings. The van der Waals surface area contributed by atoms with Gasteiger partial charge in [0.1, 0.15) is 6.54 Å². The summed E-state index contributed by atoms with van der Waals surface area (Å²) in [6.45, 7) is 4.88. The molecule has 1 heterocycles. The van der Waals surface area contributed by atoms with Gasteiger partial charge in [0.2, 0.25) is 5.91 Å². The van der Waals surface area contributed by atoms with Gasteiger partial charge in [-0.15, -0.1) is 24.0 Å². The van der Waals surface area contributed by atoms with Gasteiger partial charge in [-0.05, 0) is 61.6 Å². The molecule has 0 unspecified atom stereocenters. The highest BCUT2D eigenvalue weighted by Crippen LogP contribution is 2.26. The van der Waals surface area contributed by atoms with Gasteiger partial charge in [0.05, 0.1) is 0 Å². The summed E-state index contributed by atoms with van der Waals surface area (Å²) in [4.78, 5) is 18.6. The molecule has 3 N–H and O–H groups in total. The Morgan fingerprint density at radius 2 is 1.96 bits per heavy atom. The number of carbonyl (C=O) groups excluding carboxylic acids is 1. The first kappa shape index (κ1) is 20.2. The van der Waals surface area contributed by atoms with Gasteiger partial charge in [-0.1, -0.05) is 24.3 Å². The Labute approximate surface area is 171 Å². The Bertz CT molecular complexity index is 819. The van der Waals surface area contributed by atoms with Crippen molar-refractivity contribution >= 4 is 47.2 Å². The number of nitrogens with one attached hydrogen (secondary N) is 1. The van der Waals surface area contributed by atoms with Crippen molar-refractivity contribution in [1.82, 2.24) is 0 Å². The van der Waals surface area contributed by atoms with Crippen LogP contribution in [-0.4, -0.2) is 25.0 Å². The standard InChI is InChI=1S/C20H24N4O.HI/c1-14-9-10-17(12-15(14)2)23-20(21)22-13-19(25)24-11-5-7-16-6-3-4-8-18(16)24;/h3-4,6,8-10,12H,5,7,11,13H2,1-2H3,(H3,21,22,23);1H. The van der Waals surface area contributed by atoms with E-state index in [1.165, 1.54) is 16.7 Å². The Morgan fingerprint density at radius 3 is 2.73 bits per heavy atom. The second-order valence-corrected chi connectivity index (χ2v) is 6.40. The topological polar surface area (TPSA) is 70.7 Å². The van der Waals surface area contributed by atoms with Gasteiger partial charge in [0.15, 0.2) is 5.96 Å². The number of benzene rings is 2. The SMILES string of the molecule is Cc1ccc(NC(N)=NCC(=O)N2CCCc3ccccc32)cc1C.I. The maximum absolute atomic E-state index is 12.6. The molecule has 2 aromatic carbocycles. The molecular weight excluding hydrogens is 439 g/mol. The second-order valence-electron chi connectivity index (χ2n) is 6.40. The minimum Gasteiger partial charge on any atom is -0.370 e. The van der Waals surface area contributed by atoms with Gasteiger partial charge >= 0.3 is 0 Å². The van der Waals surface area contributed by atoms with E-state index >= 15 is 0 Å². The number of guanidine groups is 1. The number of hydrogen-bond donors (Lipinski definition) is 2. The van der Waals surface area contributed by atoms with E-state index in [0.29, 0.717) is 0 Å². The van der Waals surface area contributed by atoms with E-state index < -0.39 is 0 Å².